The van der Waals surface area contributed by atoms with Gasteiger partial charge in [0, 0.05) is 6.10 Å². The maximum Gasteiger partial charge on any atom is 0.218 e. The number of rotatable bonds is 7. The summed E-state index contributed by atoms with van der Waals surface area (Å²) in [5.74, 6) is 0.769. The first kappa shape index (κ1) is 15.5. The van der Waals surface area contributed by atoms with Gasteiger partial charge in [0.1, 0.15) is 0 Å². The third-order valence-corrected chi connectivity index (χ3v) is 7.10. The summed E-state index contributed by atoms with van der Waals surface area (Å²) in [5, 5.41) is 1.41. The third-order valence-electron chi connectivity index (χ3n) is 4.49. The second-order valence-corrected chi connectivity index (χ2v) is 10.3. The normalized spacial score (nSPS) is 22.9. The van der Waals surface area contributed by atoms with E-state index in [4.69, 9.17) is 4.43 Å². The molecule has 0 N–H and O–H groups in total. The monoisotopic (exact) mass is 288 g/mol. The highest BCUT2D eigenvalue weighted by molar-refractivity contribution is 6.84. The smallest absolute Gasteiger partial charge is 0.218 e. The SMILES string of the molecule is C=CCCC[C@@H]1CCC[C@H]1O[Si](C)(C)c1ccccc1. The minimum atomic E-state index is -1.75. The molecule has 0 aliphatic heterocycles. The average Bonchev–Trinajstić information content (AvgIpc) is 2.87. The maximum absolute atomic E-state index is 6.64. The van der Waals surface area contributed by atoms with E-state index in [1.807, 2.05) is 6.08 Å². The van der Waals surface area contributed by atoms with Crippen LogP contribution in [0.5, 0.6) is 0 Å². The summed E-state index contributed by atoms with van der Waals surface area (Å²) >= 11 is 0. The Bertz CT molecular complexity index is 413. The lowest BCUT2D eigenvalue weighted by Crippen LogP contribution is -2.48. The van der Waals surface area contributed by atoms with Crippen LogP contribution in [0.2, 0.25) is 13.1 Å². The average molecular weight is 289 g/mol. The Morgan fingerprint density at radius 3 is 2.70 bits per heavy atom. The van der Waals surface area contributed by atoms with Crippen LogP contribution in [0.1, 0.15) is 38.5 Å². The largest absolute Gasteiger partial charge is 0.410 e. The summed E-state index contributed by atoms with van der Waals surface area (Å²) in [6.45, 7) is 8.49. The molecule has 1 aliphatic rings. The molecule has 1 saturated carbocycles. The van der Waals surface area contributed by atoms with Gasteiger partial charge in [-0.3, -0.25) is 0 Å². The van der Waals surface area contributed by atoms with Gasteiger partial charge in [0.15, 0.2) is 0 Å². The van der Waals surface area contributed by atoms with Gasteiger partial charge in [-0.05, 0) is 56.3 Å². The second-order valence-electron chi connectivity index (χ2n) is 6.44. The Morgan fingerprint density at radius 1 is 1.25 bits per heavy atom. The fourth-order valence-corrected chi connectivity index (χ4v) is 5.50. The molecule has 110 valence electrons. The van der Waals surface area contributed by atoms with Gasteiger partial charge in [0.2, 0.25) is 8.32 Å². The van der Waals surface area contributed by atoms with Gasteiger partial charge in [0.05, 0.1) is 0 Å². The molecular formula is C18H28OSi. The van der Waals surface area contributed by atoms with Crippen molar-refractivity contribution in [2.45, 2.75) is 57.7 Å². The summed E-state index contributed by atoms with van der Waals surface area (Å²) in [5.41, 5.74) is 0. The van der Waals surface area contributed by atoms with Crippen molar-refractivity contribution < 1.29 is 4.43 Å². The van der Waals surface area contributed by atoms with Crippen LogP contribution in [0.3, 0.4) is 0 Å². The van der Waals surface area contributed by atoms with Crippen LogP contribution in [-0.4, -0.2) is 14.4 Å². The van der Waals surface area contributed by atoms with Crippen molar-refractivity contribution in [1.29, 1.82) is 0 Å². The first-order chi connectivity index (χ1) is 9.63. The van der Waals surface area contributed by atoms with E-state index in [0.717, 1.165) is 12.3 Å². The molecule has 0 saturated heterocycles. The summed E-state index contributed by atoms with van der Waals surface area (Å²) in [6, 6.07) is 10.8. The van der Waals surface area contributed by atoms with Gasteiger partial charge in [-0.15, -0.1) is 6.58 Å². The zero-order valence-corrected chi connectivity index (χ0v) is 14.0. The van der Waals surface area contributed by atoms with E-state index in [2.05, 4.69) is 50.0 Å². The molecule has 0 amide bonds. The second kappa shape index (κ2) is 7.23. The minimum Gasteiger partial charge on any atom is -0.410 e. The Kier molecular flexibility index (Phi) is 5.61. The summed E-state index contributed by atoms with van der Waals surface area (Å²) in [7, 11) is -1.75. The van der Waals surface area contributed by atoms with Crippen LogP contribution in [0.25, 0.3) is 0 Å². The predicted molar refractivity (Wildman–Crippen MR) is 89.8 cm³/mol. The van der Waals surface area contributed by atoms with E-state index in [1.54, 1.807) is 0 Å². The van der Waals surface area contributed by atoms with Crippen LogP contribution in [0.15, 0.2) is 43.0 Å². The molecule has 1 aliphatic carbocycles. The van der Waals surface area contributed by atoms with E-state index in [-0.39, 0.29) is 0 Å². The summed E-state index contributed by atoms with van der Waals surface area (Å²) in [4.78, 5) is 0. The van der Waals surface area contributed by atoms with Gasteiger partial charge in [0.25, 0.3) is 0 Å². The number of hydrogen-bond donors (Lipinski definition) is 0. The van der Waals surface area contributed by atoms with Crippen molar-refractivity contribution in [3.63, 3.8) is 0 Å². The van der Waals surface area contributed by atoms with Crippen molar-refractivity contribution in [2.24, 2.45) is 5.92 Å². The lowest BCUT2D eigenvalue weighted by molar-refractivity contribution is 0.147. The van der Waals surface area contributed by atoms with Crippen molar-refractivity contribution in [3.05, 3.63) is 43.0 Å². The summed E-state index contributed by atoms with van der Waals surface area (Å²) < 4.78 is 6.64. The van der Waals surface area contributed by atoms with Crippen LogP contribution in [0, 0.1) is 5.92 Å². The Balaban J connectivity index is 1.95. The van der Waals surface area contributed by atoms with Crippen LogP contribution >= 0.6 is 0 Å². The Morgan fingerprint density at radius 2 is 2.00 bits per heavy atom. The molecule has 0 bridgehead atoms. The number of hydrogen-bond acceptors (Lipinski definition) is 1. The maximum atomic E-state index is 6.64. The number of benzene rings is 1. The molecule has 0 aromatic heterocycles. The Hall–Kier alpha value is -0.863. The van der Waals surface area contributed by atoms with Crippen molar-refractivity contribution in [3.8, 4) is 0 Å². The first-order valence-electron chi connectivity index (χ1n) is 7.98. The van der Waals surface area contributed by atoms with Crippen LogP contribution < -0.4 is 5.19 Å². The molecule has 2 heteroatoms. The van der Waals surface area contributed by atoms with E-state index >= 15 is 0 Å². The number of unbranched alkanes of at least 4 members (excludes halogenated alkanes) is 1. The fraction of sp³-hybridized carbons (Fsp3) is 0.556. The molecule has 2 atom stereocenters. The van der Waals surface area contributed by atoms with E-state index in [9.17, 15) is 0 Å². The van der Waals surface area contributed by atoms with Crippen molar-refractivity contribution in [2.75, 3.05) is 0 Å². The quantitative estimate of drug-likeness (QED) is 0.403. The molecule has 1 aromatic carbocycles. The Labute approximate surface area is 125 Å². The molecule has 1 aromatic rings. The van der Waals surface area contributed by atoms with E-state index in [0.29, 0.717) is 6.10 Å². The lowest BCUT2D eigenvalue weighted by Gasteiger charge is -2.31. The molecule has 0 unspecified atom stereocenters. The van der Waals surface area contributed by atoms with Gasteiger partial charge in [-0.1, -0.05) is 42.8 Å². The van der Waals surface area contributed by atoms with Crippen LogP contribution in [0.4, 0.5) is 0 Å². The molecular weight excluding hydrogens is 260 g/mol. The van der Waals surface area contributed by atoms with Crippen molar-refractivity contribution >= 4 is 13.5 Å². The first-order valence-corrected chi connectivity index (χ1v) is 10.9. The zero-order chi connectivity index (χ0) is 14.4. The molecule has 20 heavy (non-hydrogen) atoms. The molecule has 0 heterocycles. The summed E-state index contributed by atoms with van der Waals surface area (Å²) in [6.07, 6.45) is 10.2. The van der Waals surface area contributed by atoms with Crippen LogP contribution in [-0.2, 0) is 4.43 Å². The topological polar surface area (TPSA) is 9.23 Å². The standard InChI is InChI=1S/C18H28OSi/c1-4-5-7-11-16-12-10-15-18(16)19-20(2,3)17-13-8-6-9-14-17/h4,6,8-9,13-14,16,18H,1,5,7,10-12,15H2,2-3H3/t16-,18-/m1/s1. The van der Waals surface area contributed by atoms with E-state index < -0.39 is 8.32 Å². The van der Waals surface area contributed by atoms with Crippen molar-refractivity contribution in [1.82, 2.24) is 0 Å². The molecule has 2 rings (SSSR count). The molecule has 0 radical (unpaired) electrons. The minimum absolute atomic E-state index is 0.488. The molecule has 1 nitrogen and oxygen atoms in total. The molecule has 1 fully saturated rings. The number of allylic oxidation sites excluding steroid dienone is 1. The van der Waals surface area contributed by atoms with Gasteiger partial charge in [-0.2, -0.15) is 0 Å². The highest BCUT2D eigenvalue weighted by Crippen LogP contribution is 2.33. The predicted octanol–water partition coefficient (Wildman–Crippen LogP) is 4.64. The lowest BCUT2D eigenvalue weighted by atomic mass is 9.99. The van der Waals surface area contributed by atoms with Gasteiger partial charge >= 0.3 is 0 Å². The third kappa shape index (κ3) is 4.06. The molecule has 0 spiro atoms. The fourth-order valence-electron chi connectivity index (χ4n) is 3.30. The zero-order valence-electron chi connectivity index (χ0n) is 13.0. The van der Waals surface area contributed by atoms with Gasteiger partial charge in [-0.25, -0.2) is 0 Å². The van der Waals surface area contributed by atoms with E-state index in [1.165, 1.54) is 37.3 Å². The van der Waals surface area contributed by atoms with Gasteiger partial charge < -0.3 is 4.43 Å². The highest BCUT2D eigenvalue weighted by atomic mass is 28.4. The highest BCUT2D eigenvalue weighted by Gasteiger charge is 2.34.